The van der Waals surface area contributed by atoms with Gasteiger partial charge >= 0.3 is 0 Å². The Morgan fingerprint density at radius 3 is 2.96 bits per heavy atom. The molecule has 4 rings (SSSR count). The molecule has 9 heteroatoms. The third-order valence-electron chi connectivity index (χ3n) is 4.86. The highest BCUT2D eigenvalue weighted by Crippen LogP contribution is 2.34. The van der Waals surface area contributed by atoms with Crippen molar-refractivity contribution >= 4 is 32.4 Å². The van der Waals surface area contributed by atoms with Gasteiger partial charge in [0.15, 0.2) is 0 Å². The SMILES string of the molecule is Cc1ccc2ncnc(N3CCC[C@@H](c4[nH]ncc4NS(C)(=O)=O)C3)c2c1. The van der Waals surface area contributed by atoms with Gasteiger partial charge in [0.05, 0.1) is 29.4 Å². The van der Waals surface area contributed by atoms with E-state index in [0.29, 0.717) is 5.69 Å². The molecule has 3 aromatic rings. The molecule has 3 heterocycles. The average molecular weight is 386 g/mol. The summed E-state index contributed by atoms with van der Waals surface area (Å²) in [6.45, 7) is 3.70. The molecule has 0 bridgehead atoms. The molecule has 2 N–H and O–H groups in total. The molecule has 0 aliphatic carbocycles. The Kier molecular flexibility index (Phi) is 4.47. The molecule has 8 nitrogen and oxygen atoms in total. The van der Waals surface area contributed by atoms with Gasteiger partial charge in [0.2, 0.25) is 10.0 Å². The van der Waals surface area contributed by atoms with E-state index in [1.807, 2.05) is 12.1 Å². The summed E-state index contributed by atoms with van der Waals surface area (Å²) in [4.78, 5) is 11.2. The number of aryl methyl sites for hydroxylation is 1. The minimum absolute atomic E-state index is 0.139. The van der Waals surface area contributed by atoms with Gasteiger partial charge in [0.1, 0.15) is 12.1 Å². The smallest absolute Gasteiger partial charge is 0.229 e. The van der Waals surface area contributed by atoms with Crippen LogP contribution in [0.3, 0.4) is 0 Å². The number of sulfonamides is 1. The number of fused-ring (bicyclic) bond motifs is 1. The van der Waals surface area contributed by atoms with Gasteiger partial charge < -0.3 is 4.90 Å². The van der Waals surface area contributed by atoms with Crippen molar-refractivity contribution in [1.29, 1.82) is 0 Å². The molecule has 1 atom stereocenters. The molecule has 27 heavy (non-hydrogen) atoms. The number of hydrogen-bond acceptors (Lipinski definition) is 6. The minimum atomic E-state index is -3.35. The number of nitrogens with zero attached hydrogens (tertiary/aromatic N) is 4. The van der Waals surface area contributed by atoms with Crippen molar-refractivity contribution in [3.8, 4) is 0 Å². The van der Waals surface area contributed by atoms with Gasteiger partial charge in [-0.25, -0.2) is 18.4 Å². The quantitative estimate of drug-likeness (QED) is 0.714. The summed E-state index contributed by atoms with van der Waals surface area (Å²) in [7, 11) is -3.35. The number of aromatic amines is 1. The van der Waals surface area contributed by atoms with Crippen molar-refractivity contribution in [2.75, 3.05) is 29.0 Å². The number of H-pyrrole nitrogens is 1. The summed E-state index contributed by atoms with van der Waals surface area (Å²) < 4.78 is 25.8. The maximum Gasteiger partial charge on any atom is 0.229 e. The first-order valence-electron chi connectivity index (χ1n) is 8.88. The van der Waals surface area contributed by atoms with Gasteiger partial charge in [-0.1, -0.05) is 11.6 Å². The maximum atomic E-state index is 11.6. The second-order valence-electron chi connectivity index (χ2n) is 7.07. The standard InChI is InChI=1S/C18H22N6O2S/c1-12-5-6-15-14(8-12)18(20-11-19-15)24-7-3-4-13(10-24)17-16(9-21-22-17)23-27(2,25)26/h5-6,8-9,11,13,23H,3-4,7,10H2,1-2H3,(H,21,22)/t13-/m1/s1. The summed E-state index contributed by atoms with van der Waals surface area (Å²) >= 11 is 0. The third kappa shape index (κ3) is 3.73. The molecule has 0 amide bonds. The van der Waals surface area contributed by atoms with E-state index >= 15 is 0 Å². The topological polar surface area (TPSA) is 104 Å². The number of aromatic nitrogens is 4. The van der Waals surface area contributed by atoms with Crippen molar-refractivity contribution in [3.05, 3.63) is 42.0 Å². The lowest BCUT2D eigenvalue weighted by atomic mass is 9.94. The summed E-state index contributed by atoms with van der Waals surface area (Å²) in [5, 5.41) is 8.06. The van der Waals surface area contributed by atoms with Crippen LogP contribution >= 0.6 is 0 Å². The molecule has 1 saturated heterocycles. The highest BCUT2D eigenvalue weighted by atomic mass is 32.2. The van der Waals surface area contributed by atoms with E-state index in [9.17, 15) is 8.42 Å². The monoisotopic (exact) mass is 386 g/mol. The Morgan fingerprint density at radius 1 is 1.30 bits per heavy atom. The molecule has 142 valence electrons. The zero-order valence-corrected chi connectivity index (χ0v) is 16.1. The minimum Gasteiger partial charge on any atom is -0.355 e. The lowest BCUT2D eigenvalue weighted by Gasteiger charge is -2.34. The molecule has 0 radical (unpaired) electrons. The third-order valence-corrected chi connectivity index (χ3v) is 5.45. The Balaban J connectivity index is 1.65. The van der Waals surface area contributed by atoms with E-state index in [-0.39, 0.29) is 5.92 Å². The van der Waals surface area contributed by atoms with Gasteiger partial charge in [-0.05, 0) is 31.9 Å². The fraction of sp³-hybridized carbons (Fsp3) is 0.389. The van der Waals surface area contributed by atoms with Crippen LogP contribution in [0.2, 0.25) is 0 Å². The predicted molar refractivity (Wildman–Crippen MR) is 106 cm³/mol. The van der Waals surface area contributed by atoms with E-state index in [1.165, 1.54) is 11.8 Å². The molecule has 2 aromatic heterocycles. The number of benzene rings is 1. The summed E-state index contributed by atoms with van der Waals surface area (Å²) in [5.74, 6) is 1.06. The number of piperidine rings is 1. The van der Waals surface area contributed by atoms with Crippen LogP contribution in [-0.4, -0.2) is 47.9 Å². The first kappa shape index (κ1) is 17.7. The summed E-state index contributed by atoms with van der Waals surface area (Å²) in [5.41, 5.74) is 3.43. The fourth-order valence-corrected chi connectivity index (χ4v) is 4.26. The van der Waals surface area contributed by atoms with Gasteiger partial charge in [-0.3, -0.25) is 9.82 Å². The maximum absolute atomic E-state index is 11.6. The number of anilines is 2. The van der Waals surface area contributed by atoms with Crippen molar-refractivity contribution in [2.24, 2.45) is 0 Å². The molecule has 1 fully saturated rings. The van der Waals surface area contributed by atoms with Crippen molar-refractivity contribution < 1.29 is 8.42 Å². The van der Waals surface area contributed by atoms with Crippen LogP contribution in [0.4, 0.5) is 11.5 Å². The Labute approximate surface area is 158 Å². The molecule has 1 aliphatic heterocycles. The van der Waals surface area contributed by atoms with Crippen LogP contribution in [0.5, 0.6) is 0 Å². The largest absolute Gasteiger partial charge is 0.355 e. The van der Waals surface area contributed by atoms with Crippen LogP contribution in [-0.2, 0) is 10.0 Å². The zero-order chi connectivity index (χ0) is 19.0. The van der Waals surface area contributed by atoms with Crippen LogP contribution in [0, 0.1) is 6.92 Å². The zero-order valence-electron chi connectivity index (χ0n) is 15.3. The molecule has 1 aromatic carbocycles. The van der Waals surface area contributed by atoms with E-state index in [4.69, 9.17) is 0 Å². The molecular formula is C18H22N6O2S. The first-order valence-corrected chi connectivity index (χ1v) is 10.8. The Bertz CT molecular complexity index is 1080. The second kappa shape index (κ2) is 6.80. The van der Waals surface area contributed by atoms with Crippen LogP contribution < -0.4 is 9.62 Å². The number of nitrogens with one attached hydrogen (secondary N) is 2. The molecule has 0 saturated carbocycles. The van der Waals surface area contributed by atoms with Crippen LogP contribution in [0.25, 0.3) is 10.9 Å². The fourth-order valence-electron chi connectivity index (χ4n) is 3.70. The Morgan fingerprint density at radius 2 is 2.15 bits per heavy atom. The highest BCUT2D eigenvalue weighted by Gasteiger charge is 2.27. The molecule has 0 spiro atoms. The number of rotatable bonds is 4. The molecule has 1 aliphatic rings. The molecular weight excluding hydrogens is 364 g/mol. The van der Waals surface area contributed by atoms with Gasteiger partial charge in [0, 0.05) is 24.4 Å². The highest BCUT2D eigenvalue weighted by molar-refractivity contribution is 7.92. The van der Waals surface area contributed by atoms with E-state index in [0.717, 1.165) is 54.6 Å². The average Bonchev–Trinajstić information content (AvgIpc) is 3.07. The van der Waals surface area contributed by atoms with Crippen molar-refractivity contribution in [3.63, 3.8) is 0 Å². The predicted octanol–water partition coefficient (Wildman–Crippen LogP) is 2.42. The Hall–Kier alpha value is -2.68. The molecule has 0 unspecified atom stereocenters. The van der Waals surface area contributed by atoms with Crippen molar-refractivity contribution in [1.82, 2.24) is 20.2 Å². The van der Waals surface area contributed by atoms with E-state index in [2.05, 4.69) is 42.8 Å². The summed E-state index contributed by atoms with van der Waals surface area (Å²) in [6.07, 6.45) is 6.22. The summed E-state index contributed by atoms with van der Waals surface area (Å²) in [6, 6.07) is 6.17. The normalized spacial score (nSPS) is 18.0. The van der Waals surface area contributed by atoms with E-state index in [1.54, 1.807) is 6.33 Å². The van der Waals surface area contributed by atoms with E-state index < -0.39 is 10.0 Å². The van der Waals surface area contributed by atoms with Crippen molar-refractivity contribution in [2.45, 2.75) is 25.7 Å². The van der Waals surface area contributed by atoms with Crippen LogP contribution in [0.1, 0.15) is 30.0 Å². The number of hydrogen-bond donors (Lipinski definition) is 2. The first-order chi connectivity index (χ1) is 12.9. The lowest BCUT2D eigenvalue weighted by Crippen LogP contribution is -2.35. The van der Waals surface area contributed by atoms with Gasteiger partial charge in [-0.15, -0.1) is 0 Å². The lowest BCUT2D eigenvalue weighted by molar-refractivity contribution is 0.499. The van der Waals surface area contributed by atoms with Gasteiger partial charge in [-0.2, -0.15) is 5.10 Å². The van der Waals surface area contributed by atoms with Crippen LogP contribution in [0.15, 0.2) is 30.7 Å². The second-order valence-corrected chi connectivity index (χ2v) is 8.82. The van der Waals surface area contributed by atoms with Gasteiger partial charge in [0.25, 0.3) is 0 Å².